The molecule has 16 heteroatoms. The highest BCUT2D eigenvalue weighted by Gasteiger charge is 2.49. The number of nitrogens with one attached hydrogen (secondary N) is 4. The lowest BCUT2D eigenvalue weighted by atomic mass is 9.97. The second kappa shape index (κ2) is 16.3. The molecule has 2 aromatic heterocycles. The van der Waals surface area contributed by atoms with Crippen LogP contribution < -0.4 is 10.6 Å². The summed E-state index contributed by atoms with van der Waals surface area (Å²) in [5.74, 6) is -4.09. The van der Waals surface area contributed by atoms with Crippen LogP contribution in [0.15, 0.2) is 59.0 Å². The average Bonchev–Trinajstić information content (AvgIpc) is 3.77. The molecule has 0 aromatic carbocycles. The van der Waals surface area contributed by atoms with E-state index in [2.05, 4.69) is 33.8 Å². The topological polar surface area (TPSA) is 261 Å². The van der Waals surface area contributed by atoms with E-state index in [0.717, 1.165) is 11.1 Å². The first-order chi connectivity index (χ1) is 26.0. The molecule has 0 radical (unpaired) electrons. The fourth-order valence-corrected chi connectivity index (χ4v) is 7.01. The standard InChI is InChI=1S/C39H44N4O12/c1-7-20-19(6)36(49)43-27(20)14-25-18(5)23(10-12-31(46)54-34-32(47)35(38(51)52)55-39(53)33(34)48)29(41-25)15-28-22(9-11-30(44)45)17(4)24(40-28)13-26-16(3)21(8-2)37(50)42-26/h7-8,13-14,32-35,39-41,47-48,53H,1-2,9-12,15H2,3-6H3,(H,42,50)(H,43,49)(H,44,45)(H,51,52)/b26-13-,27-14-/t32-,33+,34-,35-,39+/m0/s1. The van der Waals surface area contributed by atoms with E-state index in [0.29, 0.717) is 67.6 Å². The Bertz CT molecular complexity index is 2110. The number of aromatic nitrogens is 2. The van der Waals surface area contributed by atoms with Crippen LogP contribution in [0.25, 0.3) is 12.2 Å². The average molecular weight is 761 g/mol. The molecular weight excluding hydrogens is 716 g/mol. The van der Waals surface area contributed by atoms with Gasteiger partial charge in [-0.15, -0.1) is 0 Å². The number of ether oxygens (including phenoxy) is 2. The molecule has 55 heavy (non-hydrogen) atoms. The van der Waals surface area contributed by atoms with Gasteiger partial charge in [0.25, 0.3) is 11.8 Å². The van der Waals surface area contributed by atoms with Gasteiger partial charge in [-0.3, -0.25) is 19.2 Å². The molecule has 0 bridgehead atoms. The molecule has 16 nitrogen and oxygen atoms in total. The van der Waals surface area contributed by atoms with Crippen molar-refractivity contribution in [3.05, 3.63) is 104 Å². The first kappa shape index (κ1) is 40.4. The molecule has 2 aromatic rings. The lowest BCUT2D eigenvalue weighted by molar-refractivity contribution is -0.283. The van der Waals surface area contributed by atoms with Gasteiger partial charge in [-0.2, -0.15) is 0 Å². The van der Waals surface area contributed by atoms with Gasteiger partial charge in [0.2, 0.25) is 0 Å². The number of aromatic amines is 2. The Kier molecular flexibility index (Phi) is 12.0. The zero-order valence-corrected chi connectivity index (χ0v) is 30.7. The van der Waals surface area contributed by atoms with Crippen molar-refractivity contribution in [3.8, 4) is 0 Å². The van der Waals surface area contributed by atoms with Gasteiger partial charge in [-0.05, 0) is 80.5 Å². The number of carbonyl (C=O) groups is 5. The molecule has 292 valence electrons. The highest BCUT2D eigenvalue weighted by atomic mass is 16.7. The summed E-state index contributed by atoms with van der Waals surface area (Å²) < 4.78 is 10.1. The molecule has 0 saturated carbocycles. The molecule has 3 aliphatic rings. The summed E-state index contributed by atoms with van der Waals surface area (Å²) >= 11 is 0. The number of carboxylic acid groups (broad SMARTS) is 2. The number of aliphatic carboxylic acids is 2. The van der Waals surface area contributed by atoms with Gasteiger partial charge in [-0.1, -0.05) is 25.3 Å². The van der Waals surface area contributed by atoms with Crippen molar-refractivity contribution in [2.75, 3.05) is 0 Å². The minimum atomic E-state index is -2.03. The van der Waals surface area contributed by atoms with Crippen LogP contribution >= 0.6 is 0 Å². The third kappa shape index (κ3) is 8.17. The van der Waals surface area contributed by atoms with Crippen molar-refractivity contribution < 1.29 is 59.0 Å². The summed E-state index contributed by atoms with van der Waals surface area (Å²) in [6.07, 6.45) is -3.12. The Morgan fingerprint density at radius 2 is 1.31 bits per heavy atom. The number of aliphatic hydroxyl groups is 3. The van der Waals surface area contributed by atoms with Gasteiger partial charge in [0, 0.05) is 64.5 Å². The summed E-state index contributed by atoms with van der Waals surface area (Å²) in [6, 6.07) is 0. The molecule has 0 aliphatic carbocycles. The van der Waals surface area contributed by atoms with Crippen LogP contribution in [-0.4, -0.2) is 95.9 Å². The van der Waals surface area contributed by atoms with Crippen molar-refractivity contribution in [3.63, 3.8) is 0 Å². The van der Waals surface area contributed by atoms with Gasteiger partial charge in [0.1, 0.15) is 12.2 Å². The highest BCUT2D eigenvalue weighted by molar-refractivity contribution is 6.03. The van der Waals surface area contributed by atoms with Crippen molar-refractivity contribution >= 4 is 41.9 Å². The predicted octanol–water partition coefficient (Wildman–Crippen LogP) is 1.88. The summed E-state index contributed by atoms with van der Waals surface area (Å²) in [5.41, 5.74) is 8.71. The maximum Gasteiger partial charge on any atom is 0.335 e. The first-order valence-corrected chi connectivity index (χ1v) is 17.4. The minimum absolute atomic E-state index is 0.0525. The largest absolute Gasteiger partial charge is 0.481 e. The van der Waals surface area contributed by atoms with Crippen molar-refractivity contribution in [2.45, 2.75) is 90.5 Å². The Balaban J connectivity index is 1.52. The third-order valence-electron chi connectivity index (χ3n) is 10.2. The number of H-pyrrole nitrogens is 2. The number of hydrogen-bond acceptors (Lipinski definition) is 10. The van der Waals surface area contributed by atoms with Crippen LogP contribution in [0, 0.1) is 13.8 Å². The van der Waals surface area contributed by atoms with Crippen LogP contribution in [0.4, 0.5) is 0 Å². The molecule has 5 rings (SSSR count). The lowest BCUT2D eigenvalue weighted by Crippen LogP contribution is -2.61. The monoisotopic (exact) mass is 760 g/mol. The summed E-state index contributed by atoms with van der Waals surface area (Å²) in [6.45, 7) is 14.7. The second-order valence-electron chi connectivity index (χ2n) is 13.5. The Labute approximate surface area is 315 Å². The van der Waals surface area contributed by atoms with Crippen LogP contribution in [0.5, 0.6) is 0 Å². The van der Waals surface area contributed by atoms with Gasteiger partial charge in [-0.25, -0.2) is 4.79 Å². The molecule has 1 fully saturated rings. The van der Waals surface area contributed by atoms with Crippen molar-refractivity contribution in [1.29, 1.82) is 0 Å². The number of carboxylic acids is 2. The van der Waals surface area contributed by atoms with E-state index in [9.17, 15) is 49.5 Å². The van der Waals surface area contributed by atoms with Gasteiger partial charge in [0.05, 0.1) is 5.70 Å². The maximum absolute atomic E-state index is 13.2. The number of esters is 1. The fourth-order valence-electron chi connectivity index (χ4n) is 7.01. The van der Waals surface area contributed by atoms with E-state index >= 15 is 0 Å². The Morgan fingerprint density at radius 3 is 1.84 bits per heavy atom. The SMILES string of the molecule is C=CC1=C(C)/C(=C/c2[nH]c(Cc3[nH]c(/C=C4\NC(=O)C(C)=C4C=C)c(C)c3CCC(=O)O[C@@H]3[C@@H](O)[C@H](O)O[C@H](C(=O)O)[C@H]3O)c(CCC(=O)O)c2C)NC1=O. The summed E-state index contributed by atoms with van der Waals surface area (Å²) in [7, 11) is 0. The number of carbonyl (C=O) groups excluding carboxylic acids is 3. The predicted molar refractivity (Wildman–Crippen MR) is 197 cm³/mol. The third-order valence-corrected chi connectivity index (χ3v) is 10.2. The van der Waals surface area contributed by atoms with Crippen molar-refractivity contribution in [2.24, 2.45) is 0 Å². The lowest BCUT2D eigenvalue weighted by Gasteiger charge is -2.38. The molecule has 2 amide bonds. The van der Waals surface area contributed by atoms with E-state index < -0.39 is 48.6 Å². The number of aliphatic hydroxyl groups excluding tert-OH is 3. The van der Waals surface area contributed by atoms with E-state index in [4.69, 9.17) is 9.47 Å². The highest BCUT2D eigenvalue weighted by Crippen LogP contribution is 2.32. The van der Waals surface area contributed by atoms with Gasteiger partial charge >= 0.3 is 17.9 Å². The van der Waals surface area contributed by atoms with E-state index in [1.807, 2.05) is 13.8 Å². The molecule has 9 N–H and O–H groups in total. The molecular formula is C39H44N4O12. The Hall–Kier alpha value is -5.81. The first-order valence-electron chi connectivity index (χ1n) is 17.4. The van der Waals surface area contributed by atoms with Crippen LogP contribution in [0.2, 0.25) is 0 Å². The minimum Gasteiger partial charge on any atom is -0.481 e. The quantitative estimate of drug-likeness (QED) is 0.125. The Morgan fingerprint density at radius 1 is 0.764 bits per heavy atom. The van der Waals surface area contributed by atoms with Crippen molar-refractivity contribution in [1.82, 2.24) is 20.6 Å². The van der Waals surface area contributed by atoms with E-state index in [-0.39, 0.29) is 43.9 Å². The molecule has 0 unspecified atom stereocenters. The second-order valence-corrected chi connectivity index (χ2v) is 13.5. The molecule has 5 heterocycles. The van der Waals surface area contributed by atoms with Crippen LogP contribution in [0.3, 0.4) is 0 Å². The number of allylic oxidation sites excluding steroid dienone is 2. The normalized spacial score (nSPS) is 24.1. The van der Waals surface area contributed by atoms with E-state index in [1.54, 1.807) is 32.1 Å². The molecule has 5 atom stereocenters. The van der Waals surface area contributed by atoms with E-state index in [1.165, 1.54) is 6.08 Å². The van der Waals surface area contributed by atoms with Gasteiger partial charge < -0.3 is 55.6 Å². The summed E-state index contributed by atoms with van der Waals surface area (Å²) in [4.78, 5) is 68.2. The van der Waals surface area contributed by atoms with Gasteiger partial charge in [0.15, 0.2) is 18.5 Å². The molecule has 1 saturated heterocycles. The molecule has 3 aliphatic heterocycles. The fraction of sp³-hybridized carbons (Fsp3) is 0.359. The smallest absolute Gasteiger partial charge is 0.335 e. The van der Waals surface area contributed by atoms with Crippen LogP contribution in [0.1, 0.15) is 71.7 Å². The zero-order chi connectivity index (χ0) is 40.5. The zero-order valence-electron chi connectivity index (χ0n) is 30.7. The maximum atomic E-state index is 13.2. The molecule has 0 spiro atoms. The number of rotatable bonds is 14. The number of amides is 2. The number of hydrogen-bond donors (Lipinski definition) is 9. The summed E-state index contributed by atoms with van der Waals surface area (Å²) in [5, 5.41) is 55.4. The van der Waals surface area contributed by atoms with Crippen LogP contribution in [-0.2, 0) is 52.7 Å².